The van der Waals surface area contributed by atoms with E-state index in [1.807, 2.05) is 18.5 Å². The smallest absolute Gasteiger partial charge is 0.411 e. The van der Waals surface area contributed by atoms with Crippen LogP contribution in [0.4, 0.5) is 4.79 Å². The van der Waals surface area contributed by atoms with E-state index in [4.69, 9.17) is 14.2 Å². The van der Waals surface area contributed by atoms with Crippen molar-refractivity contribution < 1.29 is 39.4 Å². The highest BCUT2D eigenvalue weighted by molar-refractivity contribution is 5.72. The Kier molecular flexibility index (Phi) is 8.23. The number of carbonyl (C=O) groups is 1. The van der Waals surface area contributed by atoms with Gasteiger partial charge in [-0.25, -0.2) is 4.79 Å². The molecule has 2 heterocycles. The van der Waals surface area contributed by atoms with Gasteiger partial charge in [-0.3, -0.25) is 10.3 Å². The molecular weight excluding hydrogens is 540 g/mol. The summed E-state index contributed by atoms with van der Waals surface area (Å²) >= 11 is 0. The Morgan fingerprint density at radius 1 is 1.07 bits per heavy atom. The summed E-state index contributed by atoms with van der Waals surface area (Å²) in [5.41, 5.74) is 4.58. The molecule has 4 aliphatic carbocycles. The molecule has 230 valence electrons. The number of allylic oxidation sites excluding steroid dienone is 3. The normalized spacial score (nSPS) is 42.9. The summed E-state index contributed by atoms with van der Waals surface area (Å²) in [4.78, 5) is 16.7. The molecule has 1 aromatic rings. The number of rotatable bonds is 6. The lowest BCUT2D eigenvalue weighted by atomic mass is 9.47. The van der Waals surface area contributed by atoms with Gasteiger partial charge in [0.25, 0.3) is 0 Å². The Morgan fingerprint density at radius 2 is 1.88 bits per heavy atom. The standard InChI is InChI=1S/C32H44N2O8/c1-31-11-9-20(40-17-34-30(39)42-29-28(38)27(37)26(36)25(16-35)41-29)14-19(31)5-6-21-23-8-7-22(18-4-3-13-33-15-18)32(23,2)12-10-24(21)31/h3-5,7,13,15,20-21,23-29,35-38H,6,8-12,14,16-17H2,1-2H3,(H,34,39)/t20?,21?,23-,24?,25?,26+,27?,28+,29?,31?,32?/m0/s1. The second-order valence-electron chi connectivity index (χ2n) is 13.3. The van der Waals surface area contributed by atoms with Crippen LogP contribution >= 0.6 is 0 Å². The van der Waals surface area contributed by atoms with Crippen molar-refractivity contribution in [1.29, 1.82) is 0 Å². The van der Waals surface area contributed by atoms with Crippen LogP contribution in [0.1, 0.15) is 64.4 Å². The largest absolute Gasteiger partial charge is 0.417 e. The lowest BCUT2D eigenvalue weighted by Gasteiger charge is -2.58. The summed E-state index contributed by atoms with van der Waals surface area (Å²) in [6.45, 7) is 4.26. The Hall–Kier alpha value is -2.34. The second kappa shape index (κ2) is 11.6. The molecule has 6 rings (SSSR count). The van der Waals surface area contributed by atoms with Crippen LogP contribution in [0, 0.1) is 28.6 Å². The van der Waals surface area contributed by atoms with Crippen LogP contribution in [0.2, 0.25) is 0 Å². The predicted octanol–water partition coefficient (Wildman–Crippen LogP) is 2.91. The number of nitrogens with zero attached hydrogens (tertiary/aromatic N) is 1. The maximum absolute atomic E-state index is 12.3. The molecule has 42 heavy (non-hydrogen) atoms. The van der Waals surface area contributed by atoms with E-state index in [1.54, 1.807) is 0 Å². The molecule has 5 aliphatic rings. The van der Waals surface area contributed by atoms with Gasteiger partial charge in [0, 0.05) is 12.4 Å². The number of fused-ring (bicyclic) bond motifs is 5. The molecule has 11 atom stereocenters. The molecule has 1 aliphatic heterocycles. The molecule has 10 heteroatoms. The van der Waals surface area contributed by atoms with Crippen molar-refractivity contribution in [2.24, 2.45) is 28.6 Å². The lowest BCUT2D eigenvalue weighted by Crippen LogP contribution is -2.59. The molecule has 0 aromatic carbocycles. The molecule has 1 aromatic heterocycles. The highest BCUT2D eigenvalue weighted by atomic mass is 16.7. The van der Waals surface area contributed by atoms with E-state index in [9.17, 15) is 25.2 Å². The number of hydrogen-bond acceptors (Lipinski definition) is 9. The first-order valence-electron chi connectivity index (χ1n) is 15.3. The number of aliphatic hydroxyl groups excluding tert-OH is 4. The van der Waals surface area contributed by atoms with Gasteiger partial charge in [0.05, 0.1) is 12.7 Å². The number of hydrogen-bond donors (Lipinski definition) is 5. The third kappa shape index (κ3) is 5.10. The Balaban J connectivity index is 1.03. The molecule has 0 radical (unpaired) electrons. The van der Waals surface area contributed by atoms with Crippen molar-refractivity contribution in [3.8, 4) is 0 Å². The van der Waals surface area contributed by atoms with E-state index in [1.165, 1.54) is 29.6 Å². The summed E-state index contributed by atoms with van der Waals surface area (Å²) in [5.74, 6) is 1.97. The number of nitrogens with one attached hydrogen (secondary N) is 1. The zero-order chi connectivity index (χ0) is 29.6. The highest BCUT2D eigenvalue weighted by Crippen LogP contribution is 2.66. The Labute approximate surface area is 246 Å². The molecule has 5 N–H and O–H groups in total. The van der Waals surface area contributed by atoms with Crippen LogP contribution in [-0.4, -0.2) is 81.7 Å². The number of ether oxygens (including phenoxy) is 3. The fraction of sp³-hybridized carbons (Fsp3) is 0.688. The number of pyridine rings is 1. The van der Waals surface area contributed by atoms with Crippen molar-refractivity contribution in [3.63, 3.8) is 0 Å². The van der Waals surface area contributed by atoms with E-state index >= 15 is 0 Å². The number of aliphatic hydroxyl groups is 4. The Bertz CT molecular complexity index is 1210. The predicted molar refractivity (Wildman–Crippen MR) is 152 cm³/mol. The van der Waals surface area contributed by atoms with Gasteiger partial charge < -0.3 is 34.6 Å². The van der Waals surface area contributed by atoms with Gasteiger partial charge in [0.2, 0.25) is 6.29 Å². The van der Waals surface area contributed by atoms with Crippen molar-refractivity contribution in [1.82, 2.24) is 10.3 Å². The topological polar surface area (TPSA) is 151 Å². The molecule has 1 saturated heterocycles. The first-order chi connectivity index (χ1) is 20.2. The van der Waals surface area contributed by atoms with Crippen molar-refractivity contribution in [2.75, 3.05) is 13.3 Å². The number of alkyl carbamates (subject to hydrolysis) is 1. The quantitative estimate of drug-likeness (QED) is 0.251. The molecule has 8 unspecified atom stereocenters. The average molecular weight is 585 g/mol. The third-order valence-corrected chi connectivity index (χ3v) is 11.2. The second-order valence-corrected chi connectivity index (χ2v) is 13.3. The van der Waals surface area contributed by atoms with E-state index in [-0.39, 0.29) is 23.7 Å². The van der Waals surface area contributed by atoms with Crippen LogP contribution < -0.4 is 5.32 Å². The molecule has 0 bridgehead atoms. The van der Waals surface area contributed by atoms with Crippen LogP contribution in [0.25, 0.3) is 5.57 Å². The minimum Gasteiger partial charge on any atom is -0.417 e. The minimum absolute atomic E-state index is 0.0207. The SMILES string of the molecule is CC12CCC(OCNC(=O)OC3OC(CO)[C@@H](O)C(O)[C@H]3O)CC1=CCC1C2CCC2(C)C(c3cccnc3)=CC[C@@H]12. The summed E-state index contributed by atoms with van der Waals surface area (Å²) < 4.78 is 16.3. The Morgan fingerprint density at radius 3 is 2.64 bits per heavy atom. The van der Waals surface area contributed by atoms with E-state index in [0.717, 1.165) is 32.1 Å². The average Bonchev–Trinajstić information content (AvgIpc) is 3.35. The van der Waals surface area contributed by atoms with Gasteiger partial charge in [-0.05, 0) is 90.7 Å². The molecule has 1 amide bonds. The van der Waals surface area contributed by atoms with Crippen molar-refractivity contribution in [3.05, 3.63) is 47.8 Å². The van der Waals surface area contributed by atoms with Crippen molar-refractivity contribution in [2.45, 2.75) is 95.6 Å². The summed E-state index contributed by atoms with van der Waals surface area (Å²) in [6.07, 6.45) is 7.89. The first-order valence-corrected chi connectivity index (χ1v) is 15.3. The van der Waals surface area contributed by atoms with Crippen LogP contribution in [0.3, 0.4) is 0 Å². The van der Waals surface area contributed by atoms with Crippen LogP contribution in [0.5, 0.6) is 0 Å². The summed E-state index contributed by atoms with van der Waals surface area (Å²) in [5, 5.41) is 41.7. The molecule has 10 nitrogen and oxygen atoms in total. The fourth-order valence-electron chi connectivity index (χ4n) is 8.84. The van der Waals surface area contributed by atoms with Crippen LogP contribution in [-0.2, 0) is 14.2 Å². The van der Waals surface area contributed by atoms with Crippen LogP contribution in [0.15, 0.2) is 42.3 Å². The van der Waals surface area contributed by atoms with Gasteiger partial charge in [-0.15, -0.1) is 0 Å². The van der Waals surface area contributed by atoms with Gasteiger partial charge in [0.1, 0.15) is 31.1 Å². The summed E-state index contributed by atoms with van der Waals surface area (Å²) in [6, 6.07) is 4.23. The zero-order valence-corrected chi connectivity index (χ0v) is 24.4. The molecule has 3 fully saturated rings. The summed E-state index contributed by atoms with van der Waals surface area (Å²) in [7, 11) is 0. The minimum atomic E-state index is -1.65. The van der Waals surface area contributed by atoms with E-state index in [2.05, 4.69) is 42.4 Å². The zero-order valence-electron chi connectivity index (χ0n) is 24.4. The number of amides is 1. The number of carbonyl (C=O) groups excluding carboxylic acids is 1. The van der Waals surface area contributed by atoms with E-state index < -0.39 is 43.4 Å². The number of aromatic nitrogens is 1. The van der Waals surface area contributed by atoms with Crippen molar-refractivity contribution >= 4 is 11.7 Å². The maximum Gasteiger partial charge on any atom is 0.411 e. The van der Waals surface area contributed by atoms with Gasteiger partial charge in [0.15, 0.2) is 0 Å². The highest BCUT2D eigenvalue weighted by Gasteiger charge is 2.57. The monoisotopic (exact) mass is 584 g/mol. The first kappa shape index (κ1) is 29.7. The fourth-order valence-corrected chi connectivity index (χ4v) is 8.84. The molecular formula is C32H44N2O8. The molecule has 2 saturated carbocycles. The van der Waals surface area contributed by atoms with E-state index in [0.29, 0.717) is 17.8 Å². The van der Waals surface area contributed by atoms with Gasteiger partial charge >= 0.3 is 6.09 Å². The van der Waals surface area contributed by atoms with Gasteiger partial charge in [-0.2, -0.15) is 0 Å². The third-order valence-electron chi connectivity index (χ3n) is 11.2. The van der Waals surface area contributed by atoms with Gasteiger partial charge in [-0.1, -0.05) is 37.6 Å². The maximum atomic E-state index is 12.3. The molecule has 0 spiro atoms. The lowest BCUT2D eigenvalue weighted by molar-refractivity contribution is -0.285.